The molecule has 3 N–H and O–H groups in total. The molecule has 0 saturated heterocycles. The minimum atomic E-state index is -3.82. The number of carboxylic acid groups (broad SMARTS) is 1. The van der Waals surface area contributed by atoms with E-state index in [1.807, 2.05) is 0 Å². The molecule has 1 atom stereocenters. The Morgan fingerprint density at radius 1 is 1.50 bits per heavy atom. The van der Waals surface area contributed by atoms with Crippen molar-refractivity contribution < 1.29 is 23.4 Å². The lowest BCUT2D eigenvalue weighted by atomic mass is 10.2. The fourth-order valence-electron chi connectivity index (χ4n) is 1.21. The van der Waals surface area contributed by atoms with E-state index < -0.39 is 22.0 Å². The van der Waals surface area contributed by atoms with Gasteiger partial charge in [-0.3, -0.25) is 0 Å². The van der Waals surface area contributed by atoms with E-state index in [9.17, 15) is 13.2 Å². The van der Waals surface area contributed by atoms with Crippen LogP contribution in [0.5, 0.6) is 0 Å². The minimum Gasteiger partial charge on any atom is -0.478 e. The van der Waals surface area contributed by atoms with Crippen LogP contribution in [0.25, 0.3) is 0 Å². The predicted molar refractivity (Wildman–Crippen MR) is 65.3 cm³/mol. The Kier molecular flexibility index (Phi) is 4.69. The summed E-state index contributed by atoms with van der Waals surface area (Å²) in [6, 6.07) is 2.66. The maximum atomic E-state index is 11.8. The van der Waals surface area contributed by atoms with E-state index in [-0.39, 0.29) is 22.1 Å². The third-order valence-corrected chi connectivity index (χ3v) is 4.01. The van der Waals surface area contributed by atoms with E-state index in [1.165, 1.54) is 6.92 Å². The molecule has 1 aromatic carbocycles. The van der Waals surface area contributed by atoms with Gasteiger partial charge in [0.05, 0.1) is 22.1 Å². The summed E-state index contributed by atoms with van der Waals surface area (Å²) in [7, 11) is -3.82. The van der Waals surface area contributed by atoms with Gasteiger partial charge in [0.2, 0.25) is 10.0 Å². The minimum absolute atomic E-state index is 0.155. The third kappa shape index (κ3) is 3.42. The summed E-state index contributed by atoms with van der Waals surface area (Å²) in [5.74, 6) is -1.24. The highest BCUT2D eigenvalue weighted by molar-refractivity contribution is 7.89. The van der Waals surface area contributed by atoms with Crippen molar-refractivity contribution in [2.45, 2.75) is 17.9 Å². The smallest absolute Gasteiger partial charge is 0.337 e. The Bertz CT molecular complexity index is 557. The van der Waals surface area contributed by atoms with Crippen LogP contribution in [-0.4, -0.2) is 37.2 Å². The molecule has 0 unspecified atom stereocenters. The summed E-state index contributed by atoms with van der Waals surface area (Å²) < 4.78 is 25.8. The van der Waals surface area contributed by atoms with Gasteiger partial charge in [0, 0.05) is 6.04 Å². The van der Waals surface area contributed by atoms with E-state index in [0.717, 1.165) is 18.2 Å². The Hall–Kier alpha value is -1.15. The van der Waals surface area contributed by atoms with Crippen molar-refractivity contribution in [2.75, 3.05) is 6.61 Å². The molecule has 1 rings (SSSR count). The zero-order chi connectivity index (χ0) is 13.9. The molecule has 0 bridgehead atoms. The SMILES string of the molecule is C[C@H](CO)NS(=O)(=O)c1ccc(C(=O)O)c(Cl)c1. The Balaban J connectivity index is 3.12. The highest BCUT2D eigenvalue weighted by atomic mass is 35.5. The van der Waals surface area contributed by atoms with Gasteiger partial charge in [-0.05, 0) is 25.1 Å². The molecule has 8 heteroatoms. The van der Waals surface area contributed by atoms with Crippen molar-refractivity contribution in [1.29, 1.82) is 0 Å². The van der Waals surface area contributed by atoms with Gasteiger partial charge in [-0.1, -0.05) is 11.6 Å². The largest absolute Gasteiger partial charge is 0.478 e. The van der Waals surface area contributed by atoms with Crippen LogP contribution < -0.4 is 4.72 Å². The van der Waals surface area contributed by atoms with Gasteiger partial charge >= 0.3 is 5.97 Å². The average molecular weight is 294 g/mol. The quantitative estimate of drug-likeness (QED) is 0.741. The standard InChI is InChI=1S/C10H12ClNO5S/c1-6(5-13)12-18(16,17)7-2-3-8(10(14)15)9(11)4-7/h2-4,6,12-13H,5H2,1H3,(H,14,15)/t6-/m1/s1. The monoisotopic (exact) mass is 293 g/mol. The van der Waals surface area contributed by atoms with Crippen molar-refractivity contribution in [1.82, 2.24) is 4.72 Å². The maximum absolute atomic E-state index is 11.8. The van der Waals surface area contributed by atoms with E-state index in [4.69, 9.17) is 21.8 Å². The van der Waals surface area contributed by atoms with Crippen LogP contribution in [0.2, 0.25) is 5.02 Å². The summed E-state index contributed by atoms with van der Waals surface area (Å²) in [6.45, 7) is 1.14. The summed E-state index contributed by atoms with van der Waals surface area (Å²) >= 11 is 5.68. The first-order valence-corrected chi connectivity index (χ1v) is 6.80. The molecule has 0 radical (unpaired) electrons. The number of halogens is 1. The molecular weight excluding hydrogens is 282 g/mol. The van der Waals surface area contributed by atoms with Crippen LogP contribution in [0, 0.1) is 0 Å². The molecule has 0 aliphatic rings. The van der Waals surface area contributed by atoms with Crippen LogP contribution in [0.3, 0.4) is 0 Å². The molecular formula is C10H12ClNO5S. The Labute approximate surface area is 109 Å². The zero-order valence-electron chi connectivity index (χ0n) is 9.42. The van der Waals surface area contributed by atoms with E-state index >= 15 is 0 Å². The second-order valence-electron chi connectivity index (χ2n) is 3.65. The third-order valence-electron chi connectivity index (χ3n) is 2.11. The first-order valence-electron chi connectivity index (χ1n) is 4.94. The number of aliphatic hydroxyl groups excluding tert-OH is 1. The fraction of sp³-hybridized carbons (Fsp3) is 0.300. The lowest BCUT2D eigenvalue weighted by molar-refractivity contribution is 0.0697. The molecule has 0 fully saturated rings. The van der Waals surface area contributed by atoms with Crippen molar-refractivity contribution in [3.05, 3.63) is 28.8 Å². The van der Waals surface area contributed by atoms with Gasteiger partial charge in [0.25, 0.3) is 0 Å². The average Bonchev–Trinajstić information content (AvgIpc) is 2.27. The molecule has 18 heavy (non-hydrogen) atoms. The number of carbonyl (C=O) groups is 1. The number of rotatable bonds is 5. The van der Waals surface area contributed by atoms with Crippen molar-refractivity contribution in [3.63, 3.8) is 0 Å². The van der Waals surface area contributed by atoms with Gasteiger partial charge in [-0.2, -0.15) is 0 Å². The van der Waals surface area contributed by atoms with E-state index in [2.05, 4.69) is 4.72 Å². The number of sulfonamides is 1. The number of carboxylic acids is 1. The molecule has 0 aliphatic carbocycles. The number of nitrogens with one attached hydrogen (secondary N) is 1. The Morgan fingerprint density at radius 2 is 2.11 bits per heavy atom. The fourth-order valence-corrected chi connectivity index (χ4v) is 2.79. The number of aromatic carboxylic acids is 1. The van der Waals surface area contributed by atoms with Gasteiger partial charge in [-0.25, -0.2) is 17.9 Å². The summed E-state index contributed by atoms with van der Waals surface area (Å²) in [4.78, 5) is 10.6. The molecule has 0 saturated carbocycles. The van der Waals surface area contributed by atoms with Crippen LogP contribution in [-0.2, 0) is 10.0 Å². The van der Waals surface area contributed by atoms with Gasteiger partial charge in [0.1, 0.15) is 0 Å². The normalized spacial score (nSPS) is 13.3. The molecule has 0 aliphatic heterocycles. The first kappa shape index (κ1) is 14.9. The molecule has 1 aromatic rings. The summed E-state index contributed by atoms with van der Waals surface area (Å²) in [5, 5.41) is 17.4. The summed E-state index contributed by atoms with van der Waals surface area (Å²) in [6.07, 6.45) is 0. The van der Waals surface area contributed by atoms with Gasteiger partial charge in [-0.15, -0.1) is 0 Å². The first-order chi connectivity index (χ1) is 8.27. The van der Waals surface area contributed by atoms with Crippen LogP contribution in [0.4, 0.5) is 0 Å². The van der Waals surface area contributed by atoms with Crippen molar-refractivity contribution in [2.24, 2.45) is 0 Å². The van der Waals surface area contributed by atoms with Crippen LogP contribution in [0.1, 0.15) is 17.3 Å². The topological polar surface area (TPSA) is 104 Å². The maximum Gasteiger partial charge on any atom is 0.337 e. The molecule has 0 spiro atoms. The second kappa shape index (κ2) is 5.66. The molecule has 0 aromatic heterocycles. The number of hydrogen-bond acceptors (Lipinski definition) is 4. The molecule has 6 nitrogen and oxygen atoms in total. The summed E-state index contributed by atoms with van der Waals surface area (Å²) in [5.41, 5.74) is -0.175. The van der Waals surface area contributed by atoms with E-state index in [1.54, 1.807) is 0 Å². The molecule has 0 heterocycles. The molecule has 0 amide bonds. The lowest BCUT2D eigenvalue weighted by Gasteiger charge is -2.12. The van der Waals surface area contributed by atoms with E-state index in [0.29, 0.717) is 0 Å². The van der Waals surface area contributed by atoms with Gasteiger partial charge in [0.15, 0.2) is 0 Å². The number of aliphatic hydroxyl groups is 1. The Morgan fingerprint density at radius 3 is 2.56 bits per heavy atom. The van der Waals surface area contributed by atoms with Crippen LogP contribution >= 0.6 is 11.6 Å². The van der Waals surface area contributed by atoms with Crippen LogP contribution in [0.15, 0.2) is 23.1 Å². The van der Waals surface area contributed by atoms with Gasteiger partial charge < -0.3 is 10.2 Å². The number of hydrogen-bond donors (Lipinski definition) is 3. The predicted octanol–water partition coefficient (Wildman–Crippen LogP) is 0.697. The van der Waals surface area contributed by atoms with Crippen molar-refractivity contribution >= 4 is 27.6 Å². The molecule has 100 valence electrons. The zero-order valence-corrected chi connectivity index (χ0v) is 11.0. The number of benzene rings is 1. The highest BCUT2D eigenvalue weighted by Crippen LogP contribution is 2.21. The van der Waals surface area contributed by atoms with Crippen molar-refractivity contribution in [3.8, 4) is 0 Å². The highest BCUT2D eigenvalue weighted by Gasteiger charge is 2.19. The second-order valence-corrected chi connectivity index (χ2v) is 5.77. The lowest BCUT2D eigenvalue weighted by Crippen LogP contribution is -2.35.